The number of carbonyl (C=O) groups excluding carboxylic acids is 1. The summed E-state index contributed by atoms with van der Waals surface area (Å²) in [6.45, 7) is 1.83. The summed E-state index contributed by atoms with van der Waals surface area (Å²) in [5, 5.41) is 13.2. The van der Waals surface area contributed by atoms with Gasteiger partial charge in [-0.05, 0) is 48.9 Å². The highest BCUT2D eigenvalue weighted by Gasteiger charge is 2.25. The summed E-state index contributed by atoms with van der Waals surface area (Å²) in [5.41, 5.74) is 6.59. The van der Waals surface area contributed by atoms with E-state index in [0.29, 0.717) is 29.0 Å². The smallest absolute Gasteiger partial charge is 0.248 e. The van der Waals surface area contributed by atoms with Crippen LogP contribution in [0.3, 0.4) is 0 Å². The van der Waals surface area contributed by atoms with Crippen LogP contribution in [0.4, 0.5) is 0 Å². The normalized spacial score (nSPS) is 22.1. The van der Waals surface area contributed by atoms with Crippen LogP contribution in [-0.2, 0) is 6.54 Å². The minimum Gasteiger partial charge on any atom is -0.396 e. The van der Waals surface area contributed by atoms with Gasteiger partial charge in [0.2, 0.25) is 5.91 Å². The molecule has 1 aromatic carbocycles. The lowest BCUT2D eigenvalue weighted by Gasteiger charge is -2.18. The molecule has 1 amide bonds. The molecule has 2 rings (SSSR count). The molecule has 0 aliphatic heterocycles. The van der Waals surface area contributed by atoms with E-state index in [1.165, 1.54) is 12.8 Å². The molecule has 0 spiro atoms. The van der Waals surface area contributed by atoms with Crippen molar-refractivity contribution < 1.29 is 9.90 Å². The fourth-order valence-corrected chi connectivity index (χ4v) is 3.11. The van der Waals surface area contributed by atoms with E-state index in [1.807, 2.05) is 6.07 Å². The molecule has 0 aromatic heterocycles. The second kappa shape index (κ2) is 7.07. The molecule has 1 aromatic rings. The van der Waals surface area contributed by atoms with Gasteiger partial charge in [0.1, 0.15) is 0 Å². The summed E-state index contributed by atoms with van der Waals surface area (Å²) in [4.78, 5) is 11.0. The summed E-state index contributed by atoms with van der Waals surface area (Å²) in [6.07, 6.45) is 3.50. The molecule has 110 valence electrons. The van der Waals surface area contributed by atoms with E-state index in [-0.39, 0.29) is 6.61 Å². The van der Waals surface area contributed by atoms with E-state index in [1.54, 1.807) is 12.1 Å². The zero-order valence-corrected chi connectivity index (χ0v) is 12.2. The lowest BCUT2D eigenvalue weighted by Crippen LogP contribution is -2.26. The Bertz CT molecular complexity index is 479. The zero-order chi connectivity index (χ0) is 14.5. The van der Waals surface area contributed by atoms with Crippen LogP contribution in [0.1, 0.15) is 35.2 Å². The van der Waals surface area contributed by atoms with Crippen LogP contribution in [-0.4, -0.2) is 24.2 Å². The summed E-state index contributed by atoms with van der Waals surface area (Å²) in [5.74, 6) is 0.502. The summed E-state index contributed by atoms with van der Waals surface area (Å²) in [7, 11) is 0. The Morgan fingerprint density at radius 2 is 2.15 bits per heavy atom. The highest BCUT2D eigenvalue weighted by molar-refractivity contribution is 6.31. The van der Waals surface area contributed by atoms with Crippen molar-refractivity contribution in [2.45, 2.75) is 25.8 Å². The van der Waals surface area contributed by atoms with Gasteiger partial charge in [0.15, 0.2) is 0 Å². The molecule has 4 nitrogen and oxygen atoms in total. The number of nitrogens with two attached hydrogens (primary N) is 1. The van der Waals surface area contributed by atoms with Gasteiger partial charge in [0.25, 0.3) is 0 Å². The highest BCUT2D eigenvalue weighted by atomic mass is 35.5. The first-order valence-electron chi connectivity index (χ1n) is 7.01. The van der Waals surface area contributed by atoms with Crippen molar-refractivity contribution >= 4 is 17.5 Å². The number of nitrogens with one attached hydrogen (secondary N) is 1. The Morgan fingerprint density at radius 3 is 2.80 bits per heavy atom. The first-order valence-corrected chi connectivity index (χ1v) is 7.39. The third kappa shape index (κ3) is 3.72. The van der Waals surface area contributed by atoms with Gasteiger partial charge in [-0.25, -0.2) is 0 Å². The van der Waals surface area contributed by atoms with Gasteiger partial charge in [-0.2, -0.15) is 0 Å². The van der Waals surface area contributed by atoms with Gasteiger partial charge < -0.3 is 16.2 Å². The molecule has 1 aliphatic rings. The Balaban J connectivity index is 1.86. The summed E-state index contributed by atoms with van der Waals surface area (Å²) in [6, 6.07) is 5.12. The van der Waals surface area contributed by atoms with Crippen molar-refractivity contribution in [3.8, 4) is 0 Å². The first kappa shape index (κ1) is 15.3. The van der Waals surface area contributed by atoms with Crippen LogP contribution in [0.25, 0.3) is 0 Å². The van der Waals surface area contributed by atoms with Crippen molar-refractivity contribution in [2.75, 3.05) is 13.2 Å². The van der Waals surface area contributed by atoms with E-state index in [9.17, 15) is 9.90 Å². The quantitative estimate of drug-likeness (QED) is 0.751. The minimum atomic E-state index is -0.469. The van der Waals surface area contributed by atoms with Gasteiger partial charge in [0, 0.05) is 23.7 Å². The average Bonchev–Trinajstić information content (AvgIpc) is 2.87. The van der Waals surface area contributed by atoms with Crippen molar-refractivity contribution in [2.24, 2.45) is 17.6 Å². The largest absolute Gasteiger partial charge is 0.396 e. The Labute approximate surface area is 124 Å². The Morgan fingerprint density at radius 1 is 1.40 bits per heavy atom. The SMILES string of the molecule is NC(=O)c1ccc(CNCC2CCCC2CO)c(Cl)c1. The summed E-state index contributed by atoms with van der Waals surface area (Å²) >= 11 is 6.14. The number of rotatable bonds is 6. The lowest BCUT2D eigenvalue weighted by atomic mass is 9.97. The van der Waals surface area contributed by atoms with Gasteiger partial charge in [-0.15, -0.1) is 0 Å². The number of hydrogen-bond acceptors (Lipinski definition) is 3. The molecule has 0 saturated heterocycles. The van der Waals surface area contributed by atoms with Crippen LogP contribution in [0.15, 0.2) is 18.2 Å². The van der Waals surface area contributed by atoms with E-state index >= 15 is 0 Å². The number of amides is 1. The minimum absolute atomic E-state index is 0.278. The number of benzene rings is 1. The van der Waals surface area contributed by atoms with E-state index < -0.39 is 5.91 Å². The molecule has 1 saturated carbocycles. The fraction of sp³-hybridized carbons (Fsp3) is 0.533. The maximum absolute atomic E-state index is 11.0. The van der Waals surface area contributed by atoms with Crippen molar-refractivity contribution in [1.29, 1.82) is 0 Å². The third-order valence-corrected chi connectivity index (χ3v) is 4.46. The zero-order valence-electron chi connectivity index (χ0n) is 11.4. The maximum Gasteiger partial charge on any atom is 0.248 e. The van der Waals surface area contributed by atoms with Crippen LogP contribution < -0.4 is 11.1 Å². The van der Waals surface area contributed by atoms with Crippen molar-refractivity contribution in [3.63, 3.8) is 0 Å². The standard InChI is InChI=1S/C15H21ClN2O2/c16-14-6-10(15(17)20)4-5-12(14)8-18-7-11-2-1-3-13(11)9-19/h4-6,11,13,18-19H,1-3,7-9H2,(H2,17,20). The molecule has 0 bridgehead atoms. The Hall–Kier alpha value is -1.10. The molecule has 0 heterocycles. The highest BCUT2D eigenvalue weighted by Crippen LogP contribution is 2.30. The van der Waals surface area contributed by atoms with Gasteiger partial charge in [-0.3, -0.25) is 4.79 Å². The molecule has 5 heteroatoms. The topological polar surface area (TPSA) is 75.4 Å². The predicted molar refractivity (Wildman–Crippen MR) is 79.6 cm³/mol. The third-order valence-electron chi connectivity index (χ3n) is 4.11. The Kier molecular flexibility index (Phi) is 5.40. The van der Waals surface area contributed by atoms with Crippen LogP contribution in [0.5, 0.6) is 0 Å². The number of hydrogen-bond donors (Lipinski definition) is 3. The average molecular weight is 297 g/mol. The molecule has 2 unspecified atom stereocenters. The molecule has 4 N–H and O–H groups in total. The number of aliphatic hydroxyl groups excluding tert-OH is 1. The molecule has 0 radical (unpaired) electrons. The number of carbonyl (C=O) groups is 1. The van der Waals surface area contributed by atoms with Crippen molar-refractivity contribution in [1.82, 2.24) is 5.32 Å². The van der Waals surface area contributed by atoms with Crippen LogP contribution in [0.2, 0.25) is 5.02 Å². The molecule has 1 aliphatic carbocycles. The molecule has 2 atom stereocenters. The number of halogens is 1. The first-order chi connectivity index (χ1) is 9.61. The number of aliphatic hydroxyl groups is 1. The van der Waals surface area contributed by atoms with Gasteiger partial charge in [0.05, 0.1) is 0 Å². The lowest BCUT2D eigenvalue weighted by molar-refractivity contribution is 0.100. The molecule has 1 fully saturated rings. The second-order valence-electron chi connectivity index (χ2n) is 5.43. The van der Waals surface area contributed by atoms with Crippen LogP contribution >= 0.6 is 11.6 Å². The maximum atomic E-state index is 11.0. The predicted octanol–water partition coefficient (Wildman–Crippen LogP) is 1.94. The summed E-state index contributed by atoms with van der Waals surface area (Å²) < 4.78 is 0. The molecule has 20 heavy (non-hydrogen) atoms. The second-order valence-corrected chi connectivity index (χ2v) is 5.84. The molecular formula is C15H21ClN2O2. The van der Waals surface area contributed by atoms with E-state index in [0.717, 1.165) is 18.5 Å². The van der Waals surface area contributed by atoms with Gasteiger partial charge in [-0.1, -0.05) is 24.1 Å². The number of primary amides is 1. The van der Waals surface area contributed by atoms with Crippen LogP contribution in [0, 0.1) is 11.8 Å². The van der Waals surface area contributed by atoms with Gasteiger partial charge >= 0.3 is 0 Å². The molecular weight excluding hydrogens is 276 g/mol. The van der Waals surface area contributed by atoms with E-state index in [4.69, 9.17) is 17.3 Å². The van der Waals surface area contributed by atoms with Crippen molar-refractivity contribution in [3.05, 3.63) is 34.3 Å². The monoisotopic (exact) mass is 296 g/mol. The fourth-order valence-electron chi connectivity index (χ4n) is 2.86. The van der Waals surface area contributed by atoms with E-state index in [2.05, 4.69) is 5.32 Å².